The van der Waals surface area contributed by atoms with E-state index in [1.165, 1.54) is 7.11 Å². The monoisotopic (exact) mass is 1400 g/mol. The molecule has 3 fully saturated rings. The van der Waals surface area contributed by atoms with Crippen molar-refractivity contribution in [1.29, 1.82) is 0 Å². The van der Waals surface area contributed by atoms with Crippen LogP contribution in [-0.2, 0) is 0 Å². The van der Waals surface area contributed by atoms with Gasteiger partial charge in [-0.3, -0.25) is 15.0 Å². The topological polar surface area (TPSA) is 323 Å². The van der Waals surface area contributed by atoms with Gasteiger partial charge >= 0.3 is 7.12 Å². The van der Waals surface area contributed by atoms with E-state index in [0.29, 0.717) is 67.0 Å². The number of hydrogen-bond acceptors (Lipinski definition) is 23. The first kappa shape index (κ1) is 69.7. The molecule has 29 heteroatoms. The summed E-state index contributed by atoms with van der Waals surface area (Å²) in [6.45, 7) is 26.6. The molecule has 0 radical (unpaired) electrons. The molecule has 12 heterocycles. The molecular formula is C68H82BBrClN21O5. The number of nitrogens with one attached hydrogen (secondary N) is 3. The van der Waals surface area contributed by atoms with Gasteiger partial charge in [-0.25, -0.2) is 14.0 Å². The summed E-state index contributed by atoms with van der Waals surface area (Å²) in [5.74, 6) is 1.24. The van der Waals surface area contributed by atoms with Crippen LogP contribution in [0.25, 0.3) is 88.7 Å². The summed E-state index contributed by atoms with van der Waals surface area (Å²) in [6.07, 6.45) is 10.8. The largest absolute Gasteiger partial charge is 0.507 e. The number of benzene rings is 3. The van der Waals surface area contributed by atoms with Crippen LogP contribution in [0, 0.1) is 0 Å². The third-order valence-electron chi connectivity index (χ3n) is 17.6. The van der Waals surface area contributed by atoms with Crippen LogP contribution in [0.4, 0.5) is 0 Å². The number of pyridine rings is 3. The number of nitrogens with zero attached hydrogens (tertiary/aromatic N) is 18. The van der Waals surface area contributed by atoms with Gasteiger partial charge < -0.3 is 40.6 Å². The number of phenolic OH excluding ortho intramolecular Hbond substituents is 1. The van der Waals surface area contributed by atoms with Crippen LogP contribution >= 0.6 is 28.6 Å². The number of halogens is 2. The molecule has 3 saturated heterocycles. The van der Waals surface area contributed by atoms with Gasteiger partial charge in [-0.05, 0) is 170 Å². The van der Waals surface area contributed by atoms with Gasteiger partial charge in [0, 0.05) is 109 Å². The van der Waals surface area contributed by atoms with Gasteiger partial charge in [0.2, 0.25) is 16.9 Å². The SMILES string of the molecule is Br.CC1(C)CC(n2nnc3cc(-c4cc5cccnc5cc4O)nnc32)CC(C)(C)N1.CC1(C)CC(n2nnc3cc(Cl)nnc32)CC(C)(C)N1.COc1cc2ncccc2cc1-c1cc2nnn(C3CC(C)(C)NC(C)(C)C3)c2nn1.COc1cc2ncccc2cc1B(O)O. The highest BCUT2D eigenvalue weighted by Gasteiger charge is 2.42. The quantitative estimate of drug-likeness (QED) is 0.0770. The molecule has 3 aliphatic heterocycles. The molecule has 0 amide bonds. The maximum atomic E-state index is 10.5. The molecule has 9 aromatic heterocycles. The zero-order chi connectivity index (χ0) is 68.3. The Hall–Kier alpha value is -8.64. The number of fused-ring (bicyclic) bond motifs is 6. The Morgan fingerprint density at radius 3 is 1.19 bits per heavy atom. The molecular weight excluding hydrogens is 1320 g/mol. The number of aromatic hydroxyl groups is 1. The number of ether oxygens (including phenoxy) is 2. The fourth-order valence-corrected chi connectivity index (χ4v) is 15.0. The second-order valence-corrected chi connectivity index (χ2v) is 29.6. The summed E-state index contributed by atoms with van der Waals surface area (Å²) >= 11 is 5.84. The highest BCUT2D eigenvalue weighted by atomic mass is 79.9. The number of hydrogen-bond donors (Lipinski definition) is 6. The van der Waals surface area contributed by atoms with E-state index < -0.39 is 7.12 Å². The third-order valence-corrected chi connectivity index (χ3v) is 17.8. The zero-order valence-electron chi connectivity index (χ0n) is 56.9. The Morgan fingerprint density at radius 1 is 0.433 bits per heavy atom. The van der Waals surface area contributed by atoms with Gasteiger partial charge in [-0.15, -0.1) is 62.9 Å². The van der Waals surface area contributed by atoms with Crippen molar-refractivity contribution >= 4 is 107 Å². The fourth-order valence-electron chi connectivity index (χ4n) is 14.8. The minimum Gasteiger partial charge on any atom is -0.507 e. The van der Waals surface area contributed by atoms with Crippen LogP contribution in [0.2, 0.25) is 5.15 Å². The molecule has 12 aromatic rings. The van der Waals surface area contributed by atoms with Crippen molar-refractivity contribution in [3.05, 3.63) is 115 Å². The number of methoxy groups -OCH3 is 2. The average Bonchev–Trinajstić information content (AvgIpc) is 1.70. The Kier molecular flexibility index (Phi) is 19.4. The lowest BCUT2D eigenvalue weighted by atomic mass is 9.79. The summed E-state index contributed by atoms with van der Waals surface area (Å²) in [6, 6.07) is 28.3. The molecule has 0 aliphatic carbocycles. The maximum Gasteiger partial charge on any atom is 0.492 e. The van der Waals surface area contributed by atoms with Gasteiger partial charge in [0.1, 0.15) is 33.8 Å². The van der Waals surface area contributed by atoms with Gasteiger partial charge in [-0.2, -0.15) is 0 Å². The van der Waals surface area contributed by atoms with Gasteiger partial charge in [-0.1, -0.05) is 45.4 Å². The second-order valence-electron chi connectivity index (χ2n) is 29.2. The Bertz CT molecular complexity index is 4800. The molecule has 97 heavy (non-hydrogen) atoms. The zero-order valence-corrected chi connectivity index (χ0v) is 59.4. The molecule has 26 nitrogen and oxygen atoms in total. The fraction of sp³-hybridized carbons (Fsp3) is 0.426. The van der Waals surface area contributed by atoms with E-state index in [-0.39, 0.29) is 74.1 Å². The smallest absolute Gasteiger partial charge is 0.492 e. The van der Waals surface area contributed by atoms with Crippen LogP contribution in [-0.4, -0.2) is 160 Å². The van der Waals surface area contributed by atoms with Gasteiger partial charge in [0.25, 0.3) is 0 Å². The highest BCUT2D eigenvalue weighted by Crippen LogP contribution is 2.41. The molecule has 3 aliphatic rings. The van der Waals surface area contributed by atoms with E-state index in [1.807, 2.05) is 74.7 Å². The van der Waals surface area contributed by atoms with Crippen molar-refractivity contribution in [2.45, 2.75) is 173 Å². The lowest BCUT2D eigenvalue weighted by Crippen LogP contribution is -2.58. The Labute approximate surface area is 577 Å². The second kappa shape index (κ2) is 27.0. The van der Waals surface area contributed by atoms with E-state index in [0.717, 1.165) is 82.3 Å². The Morgan fingerprint density at radius 2 is 0.784 bits per heavy atom. The summed E-state index contributed by atoms with van der Waals surface area (Å²) in [7, 11) is 1.59. The molecule has 0 unspecified atom stereocenters. The molecule has 3 aromatic carbocycles. The van der Waals surface area contributed by atoms with Crippen molar-refractivity contribution in [3.63, 3.8) is 0 Å². The first-order valence-electron chi connectivity index (χ1n) is 32.0. The van der Waals surface area contributed by atoms with Gasteiger partial charge in [0.15, 0.2) is 5.15 Å². The molecule has 506 valence electrons. The summed E-state index contributed by atoms with van der Waals surface area (Å²) in [5.41, 5.74) is 9.68. The number of phenols is 1. The minimum absolute atomic E-state index is 0. The lowest BCUT2D eigenvalue weighted by Gasteiger charge is -2.46. The van der Waals surface area contributed by atoms with E-state index in [1.54, 1.807) is 56.0 Å². The number of aromatic nitrogens is 18. The van der Waals surface area contributed by atoms with E-state index in [9.17, 15) is 5.11 Å². The van der Waals surface area contributed by atoms with Crippen LogP contribution in [0.3, 0.4) is 0 Å². The Balaban J connectivity index is 0.000000135. The summed E-state index contributed by atoms with van der Waals surface area (Å²) < 4.78 is 16.4. The van der Waals surface area contributed by atoms with Crippen LogP contribution in [0.1, 0.15) is 140 Å². The average molecular weight is 1400 g/mol. The van der Waals surface area contributed by atoms with Gasteiger partial charge in [0.05, 0.1) is 60.3 Å². The molecule has 0 atom stereocenters. The lowest BCUT2D eigenvalue weighted by molar-refractivity contribution is 0.126. The standard InChI is InChI=1S/C23H27N7O.C22H25N7O.C13H19ClN6.C10H10BNO3.BrH/c1-22(2)12-15(13-23(3,4)28-22)30-21-19(26-29-30)10-18(25-27-21)16-9-14-7-6-8-24-17(14)11-20(16)31-5;1-21(2)11-14(12-22(3,4)27-21)29-20-18(25-28-29)9-17(24-26-20)15-8-13-6-5-7-23-16(13)10-19(15)30;1-12(2)6-8(7-13(3,4)18-12)20-11-9(15-19-20)5-10(14)16-17-11;1-15-10-6-9-7(3-2-4-12-9)5-8(10)11(13)14;/h6-11,15,28H,12-13H2,1-5H3;5-10,14,27,30H,11-12H2,1-4H3;5,8,18H,6-7H2,1-4H3;2-6,13-14H,1H3;1H. The first-order valence-corrected chi connectivity index (χ1v) is 32.4. The van der Waals surface area contributed by atoms with E-state index >= 15 is 0 Å². The molecule has 6 N–H and O–H groups in total. The van der Waals surface area contributed by atoms with E-state index in [4.69, 9.17) is 31.1 Å². The predicted octanol–water partition coefficient (Wildman–Crippen LogP) is 10.4. The molecule has 0 spiro atoms. The maximum absolute atomic E-state index is 10.5. The van der Waals surface area contributed by atoms with Crippen molar-refractivity contribution in [2.75, 3.05) is 14.2 Å². The van der Waals surface area contributed by atoms with E-state index in [2.05, 4.69) is 176 Å². The first-order chi connectivity index (χ1) is 45.4. The van der Waals surface area contributed by atoms with Crippen LogP contribution < -0.4 is 30.9 Å². The van der Waals surface area contributed by atoms with Crippen molar-refractivity contribution in [3.8, 4) is 39.8 Å². The minimum atomic E-state index is -1.54. The molecule has 15 rings (SSSR count). The summed E-state index contributed by atoms with van der Waals surface area (Å²) in [4.78, 5) is 12.8. The van der Waals surface area contributed by atoms with Crippen molar-refractivity contribution < 1.29 is 24.6 Å². The summed E-state index contributed by atoms with van der Waals surface area (Å²) in [5, 5.41) is 95.1. The van der Waals surface area contributed by atoms with Crippen molar-refractivity contribution in [1.82, 2.24) is 106 Å². The molecule has 0 bridgehead atoms. The van der Waals surface area contributed by atoms with Crippen LogP contribution in [0.5, 0.6) is 17.2 Å². The number of rotatable bonds is 8. The van der Waals surface area contributed by atoms with Crippen molar-refractivity contribution in [2.24, 2.45) is 0 Å². The highest BCUT2D eigenvalue weighted by molar-refractivity contribution is 8.93. The third kappa shape index (κ3) is 15.5. The normalized spacial score (nSPS) is 17.9. The molecule has 0 saturated carbocycles. The predicted molar refractivity (Wildman–Crippen MR) is 381 cm³/mol. The van der Waals surface area contributed by atoms with Crippen LogP contribution in [0.15, 0.2) is 110 Å². The number of piperidine rings is 3.